The first-order valence-electron chi connectivity index (χ1n) is 8.77. The summed E-state index contributed by atoms with van der Waals surface area (Å²) < 4.78 is 2.02. The summed E-state index contributed by atoms with van der Waals surface area (Å²) in [5.41, 5.74) is 4.11. The average molecular weight is 371 g/mol. The fourth-order valence-electron chi connectivity index (χ4n) is 3.21. The Balaban J connectivity index is 1.71. The topological polar surface area (TPSA) is 55.1 Å². The van der Waals surface area contributed by atoms with Crippen LogP contribution in [0.2, 0.25) is 0 Å². The third-order valence-electron chi connectivity index (χ3n) is 4.53. The summed E-state index contributed by atoms with van der Waals surface area (Å²) in [5.74, 6) is 1.56. The molecule has 1 N–H and O–H groups in total. The third-order valence-corrected chi connectivity index (χ3v) is 5.39. The largest absolute Gasteiger partial charge is 0.351 e. The van der Waals surface area contributed by atoms with Gasteiger partial charge in [0.05, 0.1) is 10.4 Å². The van der Waals surface area contributed by atoms with Crippen LogP contribution in [0.3, 0.4) is 0 Å². The molecule has 132 valence electrons. The first-order chi connectivity index (χ1) is 13.3. The summed E-state index contributed by atoms with van der Waals surface area (Å²) in [6.45, 7) is 2.76. The van der Waals surface area contributed by atoms with Crippen LogP contribution in [0.4, 0.5) is 5.95 Å². The molecule has 0 aliphatic heterocycles. The Morgan fingerprint density at radius 1 is 1.00 bits per heavy atom. The predicted octanol–water partition coefficient (Wildman–Crippen LogP) is 4.93. The Morgan fingerprint density at radius 3 is 2.70 bits per heavy atom. The van der Waals surface area contributed by atoms with Gasteiger partial charge in [-0.15, -0.1) is 21.5 Å². The molecule has 5 aromatic rings. The first kappa shape index (κ1) is 16.0. The third kappa shape index (κ3) is 2.84. The van der Waals surface area contributed by atoms with Crippen LogP contribution in [-0.2, 0) is 6.54 Å². The van der Waals surface area contributed by atoms with Crippen LogP contribution in [0.5, 0.6) is 0 Å². The minimum Gasteiger partial charge on any atom is -0.351 e. The highest BCUT2D eigenvalue weighted by Crippen LogP contribution is 2.29. The molecule has 3 aromatic heterocycles. The van der Waals surface area contributed by atoms with Crippen LogP contribution in [0.25, 0.3) is 27.3 Å². The monoisotopic (exact) mass is 371 g/mol. The lowest BCUT2D eigenvalue weighted by Gasteiger charge is -2.11. The number of aryl methyl sites for hydroxylation is 1. The molecule has 2 aromatic carbocycles. The van der Waals surface area contributed by atoms with E-state index in [-0.39, 0.29) is 0 Å². The number of fused-ring (bicyclic) bond motifs is 3. The molecule has 0 aliphatic carbocycles. The van der Waals surface area contributed by atoms with Crippen molar-refractivity contribution in [1.29, 1.82) is 0 Å². The first-order valence-corrected chi connectivity index (χ1v) is 9.65. The van der Waals surface area contributed by atoms with Crippen molar-refractivity contribution >= 4 is 33.8 Å². The summed E-state index contributed by atoms with van der Waals surface area (Å²) in [6, 6.07) is 20.6. The van der Waals surface area contributed by atoms with E-state index in [0.29, 0.717) is 6.54 Å². The van der Waals surface area contributed by atoms with Gasteiger partial charge in [-0.2, -0.15) is 0 Å². The van der Waals surface area contributed by atoms with Crippen LogP contribution in [-0.4, -0.2) is 19.6 Å². The van der Waals surface area contributed by atoms with E-state index in [2.05, 4.69) is 52.8 Å². The maximum atomic E-state index is 4.88. The Labute approximate surface area is 160 Å². The van der Waals surface area contributed by atoms with Gasteiger partial charge < -0.3 is 5.32 Å². The zero-order chi connectivity index (χ0) is 18.2. The number of rotatable bonds is 4. The molecule has 0 radical (unpaired) electrons. The van der Waals surface area contributed by atoms with Crippen LogP contribution in [0.15, 0.2) is 66.0 Å². The molecule has 0 fully saturated rings. The van der Waals surface area contributed by atoms with Crippen molar-refractivity contribution < 1.29 is 0 Å². The molecule has 0 aliphatic rings. The summed E-state index contributed by atoms with van der Waals surface area (Å²) in [4.78, 5) is 5.95. The van der Waals surface area contributed by atoms with Gasteiger partial charge in [0.1, 0.15) is 0 Å². The lowest BCUT2D eigenvalue weighted by Crippen LogP contribution is -2.08. The standard InChI is InChI=1S/C21H17N5S/c1-14-9-10-17-16(12-14)19-24-25-20(18-8-5-11-27-18)26(19)21(23-17)22-13-15-6-3-2-4-7-15/h2-12H,13H2,1H3,(H,22,23). The number of thiophene rings is 1. The molecule has 0 bridgehead atoms. The van der Waals surface area contributed by atoms with Gasteiger partial charge >= 0.3 is 0 Å². The SMILES string of the molecule is Cc1ccc2nc(NCc3ccccc3)n3c(-c4cccs4)nnc3c2c1. The molecule has 0 spiro atoms. The molecule has 0 amide bonds. The molecule has 5 rings (SSSR count). The number of hydrogen-bond donors (Lipinski definition) is 1. The lowest BCUT2D eigenvalue weighted by atomic mass is 10.1. The summed E-state index contributed by atoms with van der Waals surface area (Å²) >= 11 is 1.65. The number of anilines is 1. The highest BCUT2D eigenvalue weighted by Gasteiger charge is 2.17. The second-order valence-electron chi connectivity index (χ2n) is 6.46. The van der Waals surface area contributed by atoms with E-state index in [4.69, 9.17) is 4.98 Å². The Morgan fingerprint density at radius 2 is 1.89 bits per heavy atom. The quantitative estimate of drug-likeness (QED) is 0.487. The van der Waals surface area contributed by atoms with Crippen LogP contribution in [0, 0.1) is 6.92 Å². The number of nitrogens with zero attached hydrogens (tertiary/aromatic N) is 4. The van der Waals surface area contributed by atoms with Gasteiger partial charge in [0.15, 0.2) is 11.5 Å². The van der Waals surface area contributed by atoms with Crippen LogP contribution < -0.4 is 5.32 Å². The normalized spacial score (nSPS) is 11.3. The van der Waals surface area contributed by atoms with Crippen molar-refractivity contribution in [3.05, 3.63) is 77.2 Å². The van der Waals surface area contributed by atoms with Gasteiger partial charge in [-0.3, -0.25) is 0 Å². The molecular weight excluding hydrogens is 354 g/mol. The Hall–Kier alpha value is -3.25. The van der Waals surface area contributed by atoms with E-state index in [1.165, 1.54) is 11.1 Å². The zero-order valence-corrected chi connectivity index (χ0v) is 15.6. The lowest BCUT2D eigenvalue weighted by molar-refractivity contribution is 1.03. The van der Waals surface area contributed by atoms with Crippen molar-refractivity contribution in [3.8, 4) is 10.7 Å². The summed E-state index contributed by atoms with van der Waals surface area (Å²) in [6.07, 6.45) is 0. The van der Waals surface area contributed by atoms with Gasteiger partial charge in [0, 0.05) is 11.9 Å². The molecule has 0 atom stereocenters. The molecule has 0 unspecified atom stereocenters. The Bertz CT molecular complexity index is 1230. The molecule has 27 heavy (non-hydrogen) atoms. The van der Waals surface area contributed by atoms with Gasteiger partial charge in [0.2, 0.25) is 5.95 Å². The number of nitrogens with one attached hydrogen (secondary N) is 1. The maximum absolute atomic E-state index is 4.88. The van der Waals surface area contributed by atoms with Crippen molar-refractivity contribution in [3.63, 3.8) is 0 Å². The molecule has 6 heteroatoms. The zero-order valence-electron chi connectivity index (χ0n) is 14.8. The van der Waals surface area contributed by atoms with E-state index < -0.39 is 0 Å². The van der Waals surface area contributed by atoms with E-state index in [1.807, 2.05) is 40.1 Å². The van der Waals surface area contributed by atoms with Gasteiger partial charge in [-0.1, -0.05) is 48.0 Å². The van der Waals surface area contributed by atoms with Crippen LogP contribution >= 0.6 is 11.3 Å². The molecule has 0 saturated heterocycles. The van der Waals surface area contributed by atoms with E-state index in [9.17, 15) is 0 Å². The van der Waals surface area contributed by atoms with E-state index in [1.54, 1.807) is 11.3 Å². The van der Waals surface area contributed by atoms with Crippen molar-refractivity contribution in [2.24, 2.45) is 0 Å². The van der Waals surface area contributed by atoms with Gasteiger partial charge in [0.25, 0.3) is 0 Å². The fourth-order valence-corrected chi connectivity index (χ4v) is 3.91. The minimum atomic E-state index is 0.683. The van der Waals surface area contributed by atoms with Crippen molar-refractivity contribution in [1.82, 2.24) is 19.6 Å². The van der Waals surface area contributed by atoms with Crippen molar-refractivity contribution in [2.75, 3.05) is 5.32 Å². The number of hydrogen-bond acceptors (Lipinski definition) is 5. The highest BCUT2D eigenvalue weighted by molar-refractivity contribution is 7.13. The smallest absolute Gasteiger partial charge is 0.211 e. The highest BCUT2D eigenvalue weighted by atomic mass is 32.1. The number of benzene rings is 2. The van der Waals surface area contributed by atoms with Gasteiger partial charge in [-0.05, 0) is 36.1 Å². The fraction of sp³-hybridized carbons (Fsp3) is 0.0952. The number of aromatic nitrogens is 4. The average Bonchev–Trinajstić information content (AvgIpc) is 3.37. The summed E-state index contributed by atoms with van der Waals surface area (Å²) in [7, 11) is 0. The van der Waals surface area contributed by atoms with Crippen LogP contribution in [0.1, 0.15) is 11.1 Å². The molecule has 0 saturated carbocycles. The van der Waals surface area contributed by atoms with E-state index in [0.717, 1.165) is 33.2 Å². The Kier molecular flexibility index (Phi) is 3.83. The molecule has 3 heterocycles. The molecular formula is C21H17N5S. The minimum absolute atomic E-state index is 0.683. The van der Waals surface area contributed by atoms with Crippen molar-refractivity contribution in [2.45, 2.75) is 13.5 Å². The second kappa shape index (κ2) is 6.48. The maximum Gasteiger partial charge on any atom is 0.211 e. The predicted molar refractivity (Wildman–Crippen MR) is 110 cm³/mol. The van der Waals surface area contributed by atoms with Gasteiger partial charge in [-0.25, -0.2) is 9.38 Å². The second-order valence-corrected chi connectivity index (χ2v) is 7.40. The van der Waals surface area contributed by atoms with E-state index >= 15 is 0 Å². The summed E-state index contributed by atoms with van der Waals surface area (Å²) in [5, 5.41) is 15.5. The molecule has 5 nitrogen and oxygen atoms in total.